The van der Waals surface area contributed by atoms with Gasteiger partial charge in [-0.25, -0.2) is 14.6 Å². The van der Waals surface area contributed by atoms with Crippen LogP contribution in [0.4, 0.5) is 5.82 Å². The van der Waals surface area contributed by atoms with Crippen LogP contribution in [0.25, 0.3) is 22.4 Å². The van der Waals surface area contributed by atoms with E-state index in [1.54, 1.807) is 16.9 Å². The van der Waals surface area contributed by atoms with Crippen molar-refractivity contribution in [2.24, 2.45) is 0 Å². The molecular formula is C20H21N7O2. The Morgan fingerprint density at radius 2 is 2.03 bits per heavy atom. The van der Waals surface area contributed by atoms with Crippen LogP contribution in [0.3, 0.4) is 0 Å². The first-order valence-electron chi connectivity index (χ1n) is 9.47. The van der Waals surface area contributed by atoms with Gasteiger partial charge >= 0.3 is 0 Å². The smallest absolute Gasteiger partial charge is 0.273 e. The predicted molar refractivity (Wildman–Crippen MR) is 108 cm³/mol. The van der Waals surface area contributed by atoms with Crippen molar-refractivity contribution in [3.8, 4) is 11.3 Å². The number of benzene rings is 1. The number of hydrogen-bond acceptors (Lipinski definition) is 7. The van der Waals surface area contributed by atoms with Crippen LogP contribution in [-0.4, -0.2) is 43.9 Å². The van der Waals surface area contributed by atoms with E-state index in [2.05, 4.69) is 37.8 Å². The molecule has 0 saturated carbocycles. The van der Waals surface area contributed by atoms with E-state index in [1.165, 1.54) is 6.33 Å². The summed E-state index contributed by atoms with van der Waals surface area (Å²) in [6.07, 6.45) is 4.25. The second kappa shape index (κ2) is 8.51. The van der Waals surface area contributed by atoms with Gasteiger partial charge in [-0.05, 0) is 6.42 Å². The van der Waals surface area contributed by atoms with E-state index < -0.39 is 0 Å². The second-order valence-electron chi connectivity index (χ2n) is 6.45. The topological polar surface area (TPSA) is 111 Å². The Hall–Kier alpha value is -3.75. The number of nitrogens with one attached hydrogen (secondary N) is 2. The van der Waals surface area contributed by atoms with E-state index in [4.69, 9.17) is 4.52 Å². The molecule has 3 heterocycles. The highest BCUT2D eigenvalue weighted by atomic mass is 16.5. The number of rotatable bonds is 8. The number of anilines is 1. The zero-order chi connectivity index (χ0) is 20.1. The molecule has 0 fully saturated rings. The first-order chi connectivity index (χ1) is 14.3. The van der Waals surface area contributed by atoms with Crippen molar-refractivity contribution >= 4 is 22.8 Å². The van der Waals surface area contributed by atoms with Crippen molar-refractivity contribution in [1.82, 2.24) is 30.2 Å². The standard InChI is InChI=1S/C20H21N7O2/c1-2-8-21-18-15-12-25-27(19(15)24-13-23-18)10-9-22-20(28)16-11-17(29-26-16)14-6-4-3-5-7-14/h3-7,11-13H,2,8-10H2,1H3,(H,22,28)(H,21,23,24). The molecule has 4 rings (SSSR count). The number of hydrogen-bond donors (Lipinski definition) is 2. The lowest BCUT2D eigenvalue weighted by atomic mass is 10.1. The minimum atomic E-state index is -0.299. The number of carbonyl (C=O) groups is 1. The van der Waals surface area contributed by atoms with Gasteiger partial charge in [0.05, 0.1) is 18.1 Å². The van der Waals surface area contributed by atoms with Crippen LogP contribution in [0.15, 0.2) is 53.4 Å². The summed E-state index contributed by atoms with van der Waals surface area (Å²) in [7, 11) is 0. The fourth-order valence-corrected chi connectivity index (χ4v) is 2.93. The number of carbonyl (C=O) groups excluding carboxylic acids is 1. The first kappa shape index (κ1) is 18.6. The Morgan fingerprint density at radius 3 is 2.86 bits per heavy atom. The highest BCUT2D eigenvalue weighted by Crippen LogP contribution is 2.20. The summed E-state index contributed by atoms with van der Waals surface area (Å²) < 4.78 is 7.02. The van der Waals surface area contributed by atoms with Gasteiger partial charge in [0.2, 0.25) is 0 Å². The number of amides is 1. The lowest BCUT2D eigenvalue weighted by Crippen LogP contribution is -2.27. The molecule has 3 aromatic heterocycles. The van der Waals surface area contributed by atoms with Gasteiger partial charge in [0.15, 0.2) is 17.1 Å². The Morgan fingerprint density at radius 1 is 1.17 bits per heavy atom. The third-order valence-electron chi connectivity index (χ3n) is 4.39. The lowest BCUT2D eigenvalue weighted by Gasteiger charge is -2.06. The summed E-state index contributed by atoms with van der Waals surface area (Å²) in [6, 6.07) is 11.2. The van der Waals surface area contributed by atoms with E-state index in [0.717, 1.165) is 35.4 Å². The Labute approximate surface area is 167 Å². The molecule has 2 N–H and O–H groups in total. The van der Waals surface area contributed by atoms with Crippen LogP contribution < -0.4 is 10.6 Å². The molecule has 0 aliphatic carbocycles. The fraction of sp³-hybridized carbons (Fsp3) is 0.250. The molecule has 9 heteroatoms. The van der Waals surface area contributed by atoms with Gasteiger partial charge < -0.3 is 15.2 Å². The van der Waals surface area contributed by atoms with Gasteiger partial charge in [-0.3, -0.25) is 4.79 Å². The van der Waals surface area contributed by atoms with Gasteiger partial charge in [-0.2, -0.15) is 5.10 Å². The van der Waals surface area contributed by atoms with Gasteiger partial charge in [0.1, 0.15) is 12.1 Å². The number of aromatic nitrogens is 5. The van der Waals surface area contributed by atoms with Crippen LogP contribution in [0.1, 0.15) is 23.8 Å². The molecule has 9 nitrogen and oxygen atoms in total. The molecule has 0 unspecified atom stereocenters. The lowest BCUT2D eigenvalue weighted by molar-refractivity contribution is 0.0943. The number of nitrogens with zero attached hydrogens (tertiary/aromatic N) is 5. The van der Waals surface area contributed by atoms with Crippen molar-refractivity contribution in [1.29, 1.82) is 0 Å². The molecule has 0 bridgehead atoms. The molecule has 0 aliphatic rings. The van der Waals surface area contributed by atoms with Gasteiger partial charge in [0, 0.05) is 24.7 Å². The molecule has 0 saturated heterocycles. The largest absolute Gasteiger partial charge is 0.369 e. The molecule has 0 atom stereocenters. The highest BCUT2D eigenvalue weighted by Gasteiger charge is 2.14. The van der Waals surface area contributed by atoms with E-state index in [-0.39, 0.29) is 11.6 Å². The zero-order valence-corrected chi connectivity index (χ0v) is 16.0. The minimum Gasteiger partial charge on any atom is -0.369 e. The minimum absolute atomic E-state index is 0.238. The summed E-state index contributed by atoms with van der Waals surface area (Å²) in [5, 5.41) is 15.2. The van der Waals surface area contributed by atoms with E-state index >= 15 is 0 Å². The quantitative estimate of drug-likeness (QED) is 0.475. The van der Waals surface area contributed by atoms with Gasteiger partial charge in [0.25, 0.3) is 5.91 Å². The maximum Gasteiger partial charge on any atom is 0.273 e. The molecule has 148 valence electrons. The van der Waals surface area contributed by atoms with Crippen molar-refractivity contribution in [2.75, 3.05) is 18.4 Å². The zero-order valence-electron chi connectivity index (χ0n) is 16.0. The second-order valence-corrected chi connectivity index (χ2v) is 6.45. The predicted octanol–water partition coefficient (Wildman–Crippen LogP) is 2.73. The highest BCUT2D eigenvalue weighted by molar-refractivity contribution is 5.93. The van der Waals surface area contributed by atoms with Crippen molar-refractivity contribution < 1.29 is 9.32 Å². The normalized spacial score (nSPS) is 10.9. The van der Waals surface area contributed by atoms with Crippen LogP contribution in [0.5, 0.6) is 0 Å². The SMILES string of the molecule is CCCNc1ncnc2c1cnn2CCNC(=O)c1cc(-c2ccccc2)on1. The third-order valence-corrected chi connectivity index (χ3v) is 4.39. The van der Waals surface area contributed by atoms with Crippen molar-refractivity contribution in [2.45, 2.75) is 19.9 Å². The van der Waals surface area contributed by atoms with Crippen LogP contribution in [-0.2, 0) is 6.54 Å². The first-order valence-corrected chi connectivity index (χ1v) is 9.47. The maximum atomic E-state index is 12.4. The van der Waals surface area contributed by atoms with Crippen molar-refractivity contribution in [3.05, 3.63) is 54.6 Å². The summed E-state index contributed by atoms with van der Waals surface area (Å²) >= 11 is 0. The monoisotopic (exact) mass is 391 g/mol. The third kappa shape index (κ3) is 4.08. The maximum absolute atomic E-state index is 12.4. The summed E-state index contributed by atoms with van der Waals surface area (Å²) in [6.45, 7) is 3.78. The Kier molecular flexibility index (Phi) is 5.46. The summed E-state index contributed by atoms with van der Waals surface area (Å²) in [4.78, 5) is 20.9. The Bertz CT molecular complexity index is 1100. The number of fused-ring (bicyclic) bond motifs is 1. The van der Waals surface area contributed by atoms with E-state index in [9.17, 15) is 4.79 Å². The molecule has 4 aromatic rings. The fourth-order valence-electron chi connectivity index (χ4n) is 2.93. The van der Waals surface area contributed by atoms with Gasteiger partial charge in [-0.1, -0.05) is 42.4 Å². The molecule has 0 radical (unpaired) electrons. The van der Waals surface area contributed by atoms with Crippen molar-refractivity contribution in [3.63, 3.8) is 0 Å². The molecule has 0 spiro atoms. The Balaban J connectivity index is 1.38. The molecule has 1 aromatic carbocycles. The van der Waals surface area contributed by atoms with E-state index in [0.29, 0.717) is 18.8 Å². The van der Waals surface area contributed by atoms with Crippen LogP contribution in [0.2, 0.25) is 0 Å². The molecule has 0 aliphatic heterocycles. The summed E-state index contributed by atoms with van der Waals surface area (Å²) in [5.41, 5.74) is 1.83. The van der Waals surface area contributed by atoms with Crippen LogP contribution in [0, 0.1) is 0 Å². The average Bonchev–Trinajstić information content (AvgIpc) is 3.41. The summed E-state index contributed by atoms with van der Waals surface area (Å²) in [5.74, 6) is 1.02. The average molecular weight is 391 g/mol. The van der Waals surface area contributed by atoms with Gasteiger partial charge in [-0.15, -0.1) is 0 Å². The molecule has 29 heavy (non-hydrogen) atoms. The van der Waals surface area contributed by atoms with E-state index in [1.807, 2.05) is 30.3 Å². The molecular weight excluding hydrogens is 370 g/mol. The molecule has 1 amide bonds. The van der Waals surface area contributed by atoms with Crippen LogP contribution >= 0.6 is 0 Å².